The molecule has 0 radical (unpaired) electrons. The number of likely N-dealkylation sites (N-methyl/N-ethyl adjacent to an activating group) is 2. The monoisotopic (exact) mass is 258 g/mol. The molecule has 0 amide bonds. The van der Waals surface area contributed by atoms with Gasteiger partial charge in [-0.3, -0.25) is 9.69 Å². The molecule has 0 heterocycles. The number of carboxylic acids is 1. The largest absolute Gasteiger partial charge is 0.481 e. The Morgan fingerprint density at radius 3 is 2.22 bits per heavy atom. The molecule has 0 aromatic heterocycles. The molecule has 2 atom stereocenters. The lowest BCUT2D eigenvalue weighted by Gasteiger charge is -2.36. The summed E-state index contributed by atoms with van der Waals surface area (Å²) in [5.74, 6) is -0.681. The summed E-state index contributed by atoms with van der Waals surface area (Å²) >= 11 is 0. The Balaban J connectivity index is 4.71. The number of carbonyl (C=O) groups is 1. The normalized spacial score (nSPS) is 16.9. The summed E-state index contributed by atoms with van der Waals surface area (Å²) in [6.07, 6.45) is 1.63. The Hall–Kier alpha value is -0.610. The van der Waals surface area contributed by atoms with Crippen molar-refractivity contribution in [3.63, 3.8) is 0 Å². The minimum Gasteiger partial charge on any atom is -0.481 e. The molecule has 108 valence electrons. The Morgan fingerprint density at radius 1 is 1.33 bits per heavy atom. The first-order valence-corrected chi connectivity index (χ1v) is 6.89. The van der Waals surface area contributed by atoms with Crippen molar-refractivity contribution >= 4 is 5.97 Å². The summed E-state index contributed by atoms with van der Waals surface area (Å²) in [5, 5.41) is 9.43. The number of hydrogen-bond donors (Lipinski definition) is 1. The molecule has 0 aliphatic carbocycles. The molecule has 0 saturated heterocycles. The lowest BCUT2D eigenvalue weighted by Crippen LogP contribution is -2.47. The third kappa shape index (κ3) is 5.36. The second-order valence-corrected chi connectivity index (χ2v) is 5.79. The molecule has 0 rings (SSSR count). The third-order valence-corrected chi connectivity index (χ3v) is 3.53. The van der Waals surface area contributed by atoms with Gasteiger partial charge in [0.1, 0.15) is 0 Å². The van der Waals surface area contributed by atoms with Gasteiger partial charge in [0.15, 0.2) is 0 Å². The first-order valence-electron chi connectivity index (χ1n) is 6.89. The van der Waals surface area contributed by atoms with Gasteiger partial charge in [-0.1, -0.05) is 20.3 Å². The molecular formula is C14H30N2O2. The van der Waals surface area contributed by atoms with E-state index in [0.717, 1.165) is 25.9 Å². The smallest absolute Gasteiger partial charge is 0.310 e. The van der Waals surface area contributed by atoms with Crippen molar-refractivity contribution in [3.8, 4) is 0 Å². The van der Waals surface area contributed by atoms with E-state index in [1.54, 1.807) is 0 Å². The van der Waals surface area contributed by atoms with E-state index >= 15 is 0 Å². The van der Waals surface area contributed by atoms with Crippen LogP contribution >= 0.6 is 0 Å². The van der Waals surface area contributed by atoms with E-state index < -0.39 is 11.4 Å². The van der Waals surface area contributed by atoms with Gasteiger partial charge in [-0.05, 0) is 40.9 Å². The van der Waals surface area contributed by atoms with E-state index in [-0.39, 0.29) is 0 Å². The van der Waals surface area contributed by atoms with Crippen molar-refractivity contribution < 1.29 is 9.90 Å². The number of aliphatic carboxylic acids is 1. The molecule has 2 unspecified atom stereocenters. The maximum absolute atomic E-state index is 11.5. The van der Waals surface area contributed by atoms with E-state index in [1.807, 2.05) is 27.9 Å². The van der Waals surface area contributed by atoms with Crippen LogP contribution in [-0.2, 0) is 4.79 Å². The topological polar surface area (TPSA) is 43.8 Å². The molecular weight excluding hydrogens is 228 g/mol. The minimum atomic E-state index is -0.681. The van der Waals surface area contributed by atoms with Crippen LogP contribution in [-0.4, -0.2) is 60.6 Å². The van der Waals surface area contributed by atoms with Crippen LogP contribution in [0.25, 0.3) is 0 Å². The Bertz CT molecular complexity index is 256. The predicted molar refractivity (Wildman–Crippen MR) is 75.9 cm³/mol. The average molecular weight is 258 g/mol. The molecule has 1 N–H and O–H groups in total. The van der Waals surface area contributed by atoms with Crippen LogP contribution in [0.15, 0.2) is 0 Å². The lowest BCUT2D eigenvalue weighted by atomic mass is 9.84. The summed E-state index contributed by atoms with van der Waals surface area (Å²) in [7, 11) is 4.10. The van der Waals surface area contributed by atoms with Crippen molar-refractivity contribution in [2.45, 2.75) is 46.6 Å². The maximum Gasteiger partial charge on any atom is 0.310 e. The predicted octanol–water partition coefficient (Wildman–Crippen LogP) is 2.15. The van der Waals surface area contributed by atoms with Crippen LogP contribution in [0.5, 0.6) is 0 Å². The summed E-state index contributed by atoms with van der Waals surface area (Å²) in [5.41, 5.74) is -0.634. The fourth-order valence-electron chi connectivity index (χ4n) is 2.48. The fourth-order valence-corrected chi connectivity index (χ4v) is 2.48. The lowest BCUT2D eigenvalue weighted by molar-refractivity contribution is -0.150. The van der Waals surface area contributed by atoms with Gasteiger partial charge in [0.25, 0.3) is 0 Å². The van der Waals surface area contributed by atoms with Crippen LogP contribution in [0.4, 0.5) is 0 Å². The standard InChI is InChI=1S/C14H30N2O2/c1-7-9-14(4,13(17)18)11-16(8-2)12(3)10-15(5)6/h12H,7-11H2,1-6H3,(H,17,18). The summed E-state index contributed by atoms with van der Waals surface area (Å²) in [6.45, 7) is 10.6. The van der Waals surface area contributed by atoms with Gasteiger partial charge in [-0.2, -0.15) is 0 Å². The van der Waals surface area contributed by atoms with Gasteiger partial charge >= 0.3 is 5.97 Å². The molecule has 0 fully saturated rings. The van der Waals surface area contributed by atoms with Crippen LogP contribution in [0, 0.1) is 5.41 Å². The first kappa shape index (κ1) is 17.4. The molecule has 18 heavy (non-hydrogen) atoms. The van der Waals surface area contributed by atoms with Gasteiger partial charge in [0, 0.05) is 19.1 Å². The molecule has 0 aliphatic heterocycles. The zero-order valence-corrected chi connectivity index (χ0v) is 12.9. The van der Waals surface area contributed by atoms with Gasteiger partial charge in [0.05, 0.1) is 5.41 Å². The number of nitrogens with zero attached hydrogens (tertiary/aromatic N) is 2. The van der Waals surface area contributed by atoms with E-state index in [2.05, 4.69) is 23.6 Å². The molecule has 0 aromatic rings. The molecule has 0 bridgehead atoms. The quantitative estimate of drug-likeness (QED) is 0.688. The Kier molecular flexibility index (Phi) is 7.48. The summed E-state index contributed by atoms with van der Waals surface area (Å²) < 4.78 is 0. The maximum atomic E-state index is 11.5. The average Bonchev–Trinajstić information content (AvgIpc) is 2.25. The van der Waals surface area contributed by atoms with Crippen molar-refractivity contribution in [1.29, 1.82) is 0 Å². The first-order chi connectivity index (χ1) is 8.26. The van der Waals surface area contributed by atoms with E-state index in [9.17, 15) is 9.90 Å². The molecule has 4 heteroatoms. The van der Waals surface area contributed by atoms with Gasteiger partial charge in [-0.15, -0.1) is 0 Å². The molecule has 0 spiro atoms. The number of hydrogen-bond acceptors (Lipinski definition) is 3. The summed E-state index contributed by atoms with van der Waals surface area (Å²) in [4.78, 5) is 15.9. The second kappa shape index (κ2) is 7.74. The highest BCUT2D eigenvalue weighted by Crippen LogP contribution is 2.26. The SMILES string of the molecule is CCCC(C)(CN(CC)C(C)CN(C)C)C(=O)O. The minimum absolute atomic E-state index is 0.375. The fraction of sp³-hybridized carbons (Fsp3) is 0.929. The second-order valence-electron chi connectivity index (χ2n) is 5.79. The van der Waals surface area contributed by atoms with E-state index in [1.165, 1.54) is 0 Å². The van der Waals surface area contributed by atoms with E-state index in [0.29, 0.717) is 12.6 Å². The molecule has 0 aromatic carbocycles. The summed E-state index contributed by atoms with van der Waals surface area (Å²) in [6, 6.07) is 0.375. The Labute approximate surface area is 112 Å². The third-order valence-electron chi connectivity index (χ3n) is 3.53. The molecule has 0 saturated carbocycles. The zero-order valence-electron chi connectivity index (χ0n) is 12.9. The van der Waals surface area contributed by atoms with Crippen molar-refractivity contribution in [1.82, 2.24) is 9.80 Å². The Morgan fingerprint density at radius 2 is 1.89 bits per heavy atom. The number of rotatable bonds is 9. The van der Waals surface area contributed by atoms with Gasteiger partial charge in [0.2, 0.25) is 0 Å². The highest BCUT2D eigenvalue weighted by molar-refractivity contribution is 5.74. The highest BCUT2D eigenvalue weighted by atomic mass is 16.4. The van der Waals surface area contributed by atoms with Crippen molar-refractivity contribution in [2.24, 2.45) is 5.41 Å². The highest BCUT2D eigenvalue weighted by Gasteiger charge is 2.35. The molecule has 0 aliphatic rings. The van der Waals surface area contributed by atoms with E-state index in [4.69, 9.17) is 0 Å². The van der Waals surface area contributed by atoms with Crippen molar-refractivity contribution in [2.75, 3.05) is 33.7 Å². The van der Waals surface area contributed by atoms with Gasteiger partial charge < -0.3 is 10.0 Å². The zero-order chi connectivity index (χ0) is 14.3. The molecule has 4 nitrogen and oxygen atoms in total. The number of carboxylic acid groups (broad SMARTS) is 1. The van der Waals surface area contributed by atoms with Gasteiger partial charge in [-0.25, -0.2) is 0 Å². The van der Waals surface area contributed by atoms with Crippen molar-refractivity contribution in [3.05, 3.63) is 0 Å². The van der Waals surface area contributed by atoms with Crippen LogP contribution in [0.3, 0.4) is 0 Å². The van der Waals surface area contributed by atoms with Crippen LogP contribution in [0.2, 0.25) is 0 Å². The van der Waals surface area contributed by atoms with Crippen LogP contribution in [0.1, 0.15) is 40.5 Å². The van der Waals surface area contributed by atoms with Crippen LogP contribution < -0.4 is 0 Å².